The third-order valence-corrected chi connectivity index (χ3v) is 3.46. The van der Waals surface area contributed by atoms with Gasteiger partial charge in [-0.2, -0.15) is 0 Å². The Hall–Kier alpha value is -1.31. The maximum absolute atomic E-state index is 10.2. The number of benzene rings is 1. The molecule has 92 valence electrons. The van der Waals surface area contributed by atoms with Gasteiger partial charge in [-0.05, 0) is 36.5 Å². The smallest absolute Gasteiger partial charge is 0.123 e. The first-order valence-electron chi connectivity index (χ1n) is 6.56. The molecular weight excluding hydrogens is 212 g/mol. The second kappa shape index (κ2) is 6.43. The molecule has 0 aliphatic heterocycles. The van der Waals surface area contributed by atoms with Crippen molar-refractivity contribution in [3.63, 3.8) is 0 Å². The lowest BCUT2D eigenvalue weighted by Crippen LogP contribution is -2.04. The average Bonchev–Trinajstić information content (AvgIpc) is 2.41. The molecule has 1 fully saturated rings. The lowest BCUT2D eigenvalue weighted by Gasteiger charge is -2.22. The molecule has 1 aromatic rings. The van der Waals surface area contributed by atoms with Gasteiger partial charge in [0.05, 0.1) is 6.61 Å². The number of aldehydes is 1. The summed E-state index contributed by atoms with van der Waals surface area (Å²) in [6.45, 7) is 0.478. The summed E-state index contributed by atoms with van der Waals surface area (Å²) in [6, 6.07) is 8.39. The molecule has 0 bridgehead atoms. The Morgan fingerprint density at radius 3 is 2.47 bits per heavy atom. The van der Waals surface area contributed by atoms with E-state index in [-0.39, 0.29) is 0 Å². The number of hydrogen-bond donors (Lipinski definition) is 0. The maximum Gasteiger partial charge on any atom is 0.123 e. The summed E-state index contributed by atoms with van der Waals surface area (Å²) < 4.78 is 5.46. The molecule has 1 aliphatic rings. The number of hydrogen-bond acceptors (Lipinski definition) is 2. The molecule has 1 aliphatic carbocycles. The highest BCUT2D eigenvalue weighted by molar-refractivity contribution is 5.49. The van der Waals surface area contributed by atoms with Crippen LogP contribution in [-0.4, -0.2) is 12.9 Å². The van der Waals surface area contributed by atoms with Gasteiger partial charge in [0.1, 0.15) is 12.0 Å². The van der Waals surface area contributed by atoms with E-state index in [4.69, 9.17) is 4.74 Å². The van der Waals surface area contributed by atoms with Crippen LogP contribution in [0.25, 0.3) is 0 Å². The molecule has 0 amide bonds. The van der Waals surface area contributed by atoms with Crippen LogP contribution in [0.5, 0.6) is 5.75 Å². The van der Waals surface area contributed by atoms with Crippen LogP contribution in [0.15, 0.2) is 24.3 Å². The molecule has 2 rings (SSSR count). The van der Waals surface area contributed by atoms with Crippen LogP contribution in [0.2, 0.25) is 0 Å². The van der Waals surface area contributed by atoms with Crippen molar-refractivity contribution in [3.8, 4) is 5.75 Å². The molecule has 0 heterocycles. The molecule has 0 saturated heterocycles. The Kier molecular flexibility index (Phi) is 4.60. The Balaban J connectivity index is 1.90. The third kappa shape index (κ3) is 3.58. The number of carbonyl (C=O) groups excluding carboxylic acids is 1. The predicted molar refractivity (Wildman–Crippen MR) is 68.4 cm³/mol. The molecule has 17 heavy (non-hydrogen) atoms. The van der Waals surface area contributed by atoms with Crippen LogP contribution in [0.3, 0.4) is 0 Å². The molecule has 0 unspecified atom stereocenters. The molecule has 0 aromatic heterocycles. The average molecular weight is 232 g/mol. The Labute approximate surface area is 103 Å². The SMILES string of the molecule is O=CCCOc1ccc(C2CCCCC2)cc1. The minimum absolute atomic E-state index is 0.463. The molecule has 0 atom stereocenters. The summed E-state index contributed by atoms with van der Waals surface area (Å²) in [6.07, 6.45) is 8.12. The van der Waals surface area contributed by atoms with Crippen molar-refractivity contribution in [2.24, 2.45) is 0 Å². The van der Waals surface area contributed by atoms with Crippen LogP contribution in [0, 0.1) is 0 Å². The molecule has 1 saturated carbocycles. The lowest BCUT2D eigenvalue weighted by atomic mass is 9.84. The van der Waals surface area contributed by atoms with Crippen LogP contribution >= 0.6 is 0 Å². The number of ether oxygens (including phenoxy) is 1. The van der Waals surface area contributed by atoms with Gasteiger partial charge in [-0.15, -0.1) is 0 Å². The van der Waals surface area contributed by atoms with E-state index in [0.717, 1.165) is 18.0 Å². The fourth-order valence-corrected chi connectivity index (χ4v) is 2.50. The first kappa shape index (κ1) is 12.2. The van der Waals surface area contributed by atoms with E-state index in [2.05, 4.69) is 12.1 Å². The van der Waals surface area contributed by atoms with Gasteiger partial charge in [-0.1, -0.05) is 31.4 Å². The highest BCUT2D eigenvalue weighted by Crippen LogP contribution is 2.33. The Morgan fingerprint density at radius 2 is 1.82 bits per heavy atom. The minimum atomic E-state index is 0.463. The highest BCUT2D eigenvalue weighted by atomic mass is 16.5. The topological polar surface area (TPSA) is 26.3 Å². The third-order valence-electron chi connectivity index (χ3n) is 3.46. The van der Waals surface area contributed by atoms with Gasteiger partial charge in [0.25, 0.3) is 0 Å². The molecule has 2 heteroatoms. The normalized spacial score (nSPS) is 16.7. The largest absolute Gasteiger partial charge is 0.493 e. The summed E-state index contributed by atoms with van der Waals surface area (Å²) in [5, 5.41) is 0. The fourth-order valence-electron chi connectivity index (χ4n) is 2.50. The van der Waals surface area contributed by atoms with Crippen molar-refractivity contribution in [1.82, 2.24) is 0 Å². The number of rotatable bonds is 5. The zero-order valence-electron chi connectivity index (χ0n) is 10.2. The van der Waals surface area contributed by atoms with Gasteiger partial charge in [-0.25, -0.2) is 0 Å². The van der Waals surface area contributed by atoms with Crippen molar-refractivity contribution in [1.29, 1.82) is 0 Å². The van der Waals surface area contributed by atoms with Gasteiger partial charge in [-0.3, -0.25) is 0 Å². The van der Waals surface area contributed by atoms with Crippen LogP contribution in [-0.2, 0) is 4.79 Å². The molecule has 0 N–H and O–H groups in total. The van der Waals surface area contributed by atoms with Gasteiger partial charge in [0.2, 0.25) is 0 Å². The standard InChI is InChI=1S/C15H20O2/c16-11-4-12-17-15-9-7-14(8-10-15)13-5-2-1-3-6-13/h7-11,13H,1-6,12H2. The zero-order valence-corrected chi connectivity index (χ0v) is 10.2. The van der Waals surface area contributed by atoms with E-state index < -0.39 is 0 Å². The fraction of sp³-hybridized carbons (Fsp3) is 0.533. The Morgan fingerprint density at radius 1 is 1.12 bits per heavy atom. The second-order valence-corrected chi connectivity index (χ2v) is 4.71. The van der Waals surface area contributed by atoms with E-state index in [1.807, 2.05) is 12.1 Å². The van der Waals surface area contributed by atoms with E-state index in [1.54, 1.807) is 0 Å². The van der Waals surface area contributed by atoms with Crippen LogP contribution in [0.4, 0.5) is 0 Å². The van der Waals surface area contributed by atoms with Crippen molar-refractivity contribution in [2.45, 2.75) is 44.4 Å². The van der Waals surface area contributed by atoms with Gasteiger partial charge >= 0.3 is 0 Å². The first-order valence-corrected chi connectivity index (χ1v) is 6.56. The molecular formula is C15H20O2. The minimum Gasteiger partial charge on any atom is -0.493 e. The summed E-state index contributed by atoms with van der Waals surface area (Å²) in [4.78, 5) is 10.2. The summed E-state index contributed by atoms with van der Waals surface area (Å²) in [7, 11) is 0. The lowest BCUT2D eigenvalue weighted by molar-refractivity contribution is -0.108. The van der Waals surface area contributed by atoms with Crippen molar-refractivity contribution < 1.29 is 9.53 Å². The molecule has 1 aromatic carbocycles. The van der Waals surface area contributed by atoms with Crippen molar-refractivity contribution in [2.75, 3.05) is 6.61 Å². The quantitative estimate of drug-likeness (QED) is 0.571. The maximum atomic E-state index is 10.2. The van der Waals surface area contributed by atoms with Crippen LogP contribution in [0.1, 0.15) is 50.0 Å². The summed E-state index contributed by atoms with van der Waals surface area (Å²) in [5.74, 6) is 1.61. The number of carbonyl (C=O) groups is 1. The Bertz CT molecular complexity index is 336. The van der Waals surface area contributed by atoms with Crippen molar-refractivity contribution in [3.05, 3.63) is 29.8 Å². The van der Waals surface area contributed by atoms with Gasteiger partial charge in [0.15, 0.2) is 0 Å². The second-order valence-electron chi connectivity index (χ2n) is 4.71. The summed E-state index contributed by atoms with van der Waals surface area (Å²) in [5.41, 5.74) is 1.44. The van der Waals surface area contributed by atoms with Gasteiger partial charge in [0, 0.05) is 6.42 Å². The summed E-state index contributed by atoms with van der Waals surface area (Å²) >= 11 is 0. The first-order chi connectivity index (χ1) is 8.40. The van der Waals surface area contributed by atoms with E-state index in [0.29, 0.717) is 13.0 Å². The van der Waals surface area contributed by atoms with Crippen LogP contribution < -0.4 is 4.74 Å². The molecule has 0 radical (unpaired) electrons. The van der Waals surface area contributed by atoms with Gasteiger partial charge < -0.3 is 9.53 Å². The van der Waals surface area contributed by atoms with E-state index in [1.165, 1.54) is 37.7 Å². The molecule has 0 spiro atoms. The van der Waals surface area contributed by atoms with E-state index in [9.17, 15) is 4.79 Å². The predicted octanol–water partition coefficient (Wildman–Crippen LogP) is 3.70. The van der Waals surface area contributed by atoms with Crippen molar-refractivity contribution >= 4 is 6.29 Å². The molecule has 2 nitrogen and oxygen atoms in total. The monoisotopic (exact) mass is 232 g/mol. The van der Waals surface area contributed by atoms with E-state index >= 15 is 0 Å². The zero-order chi connectivity index (χ0) is 11.9. The highest BCUT2D eigenvalue weighted by Gasteiger charge is 2.14.